The van der Waals surface area contributed by atoms with Crippen LogP contribution >= 0.6 is 0 Å². The average molecular weight is 336 g/mol. The molecule has 0 N–H and O–H groups in total. The van der Waals surface area contributed by atoms with Crippen LogP contribution in [0.5, 0.6) is 0 Å². The van der Waals surface area contributed by atoms with E-state index in [9.17, 15) is 18.0 Å². The number of likely N-dealkylation sites (tertiary alicyclic amines) is 1. The summed E-state index contributed by atoms with van der Waals surface area (Å²) in [4.78, 5) is 16.1. The van der Waals surface area contributed by atoms with Gasteiger partial charge in [0.25, 0.3) is 0 Å². The predicted molar refractivity (Wildman–Crippen MR) is 81.1 cm³/mol. The van der Waals surface area contributed by atoms with Crippen LogP contribution in [-0.2, 0) is 9.53 Å². The molecule has 0 radical (unpaired) electrons. The van der Waals surface area contributed by atoms with Crippen LogP contribution in [0.3, 0.4) is 0 Å². The molecule has 0 bridgehead atoms. The van der Waals surface area contributed by atoms with Gasteiger partial charge in [0.2, 0.25) is 5.91 Å². The summed E-state index contributed by atoms with van der Waals surface area (Å²) in [5.74, 6) is 0.736. The van der Waals surface area contributed by atoms with Crippen molar-refractivity contribution in [2.45, 2.75) is 44.7 Å². The van der Waals surface area contributed by atoms with E-state index in [1.165, 1.54) is 0 Å². The number of carbonyl (C=O) groups excluding carboxylic acids is 1. The van der Waals surface area contributed by atoms with Crippen molar-refractivity contribution < 1.29 is 22.7 Å². The Morgan fingerprint density at radius 1 is 1.09 bits per heavy atom. The second-order valence-electron chi connectivity index (χ2n) is 6.54. The molecule has 7 heteroatoms. The molecule has 2 aliphatic heterocycles. The summed E-state index contributed by atoms with van der Waals surface area (Å²) in [5, 5.41) is 0. The third-order valence-electron chi connectivity index (χ3n) is 4.77. The van der Waals surface area contributed by atoms with Gasteiger partial charge in [0.15, 0.2) is 0 Å². The number of hydrogen-bond donors (Lipinski definition) is 0. The van der Waals surface area contributed by atoms with Crippen LogP contribution in [0.1, 0.15) is 38.5 Å². The van der Waals surface area contributed by atoms with Crippen molar-refractivity contribution in [3.8, 4) is 0 Å². The molecule has 0 unspecified atom stereocenters. The molecule has 1 amide bonds. The van der Waals surface area contributed by atoms with Gasteiger partial charge in [0.1, 0.15) is 0 Å². The van der Waals surface area contributed by atoms with Gasteiger partial charge in [-0.05, 0) is 51.2 Å². The number of ether oxygens (including phenoxy) is 1. The molecule has 0 saturated carbocycles. The van der Waals surface area contributed by atoms with E-state index in [0.29, 0.717) is 45.2 Å². The van der Waals surface area contributed by atoms with Crippen molar-refractivity contribution in [3.05, 3.63) is 0 Å². The number of nitrogens with zero attached hydrogens (tertiary/aromatic N) is 2. The lowest BCUT2D eigenvalue weighted by Gasteiger charge is -2.32. The van der Waals surface area contributed by atoms with Crippen molar-refractivity contribution in [1.29, 1.82) is 0 Å². The monoisotopic (exact) mass is 336 g/mol. The molecule has 4 nitrogen and oxygen atoms in total. The second kappa shape index (κ2) is 8.87. The molecular formula is C16H27F3N2O2. The second-order valence-corrected chi connectivity index (χ2v) is 6.54. The van der Waals surface area contributed by atoms with E-state index in [2.05, 4.69) is 4.90 Å². The van der Waals surface area contributed by atoms with Crippen LogP contribution in [-0.4, -0.2) is 67.8 Å². The zero-order valence-electron chi connectivity index (χ0n) is 13.6. The van der Waals surface area contributed by atoms with Crippen LogP contribution in [0.15, 0.2) is 0 Å². The fraction of sp³-hybridized carbons (Fsp3) is 0.938. The summed E-state index contributed by atoms with van der Waals surface area (Å²) in [5.41, 5.74) is 0. The maximum Gasteiger partial charge on any atom is 0.389 e. The number of rotatable bonds is 6. The molecule has 0 aliphatic carbocycles. The Labute approximate surface area is 135 Å². The quantitative estimate of drug-likeness (QED) is 0.748. The van der Waals surface area contributed by atoms with E-state index in [4.69, 9.17) is 4.74 Å². The van der Waals surface area contributed by atoms with E-state index in [0.717, 1.165) is 32.4 Å². The van der Waals surface area contributed by atoms with Gasteiger partial charge in [-0.1, -0.05) is 0 Å². The Morgan fingerprint density at radius 3 is 2.35 bits per heavy atom. The van der Waals surface area contributed by atoms with Crippen LogP contribution in [0.25, 0.3) is 0 Å². The summed E-state index contributed by atoms with van der Waals surface area (Å²) in [7, 11) is 0. The number of hydrogen-bond acceptors (Lipinski definition) is 3. The van der Waals surface area contributed by atoms with Gasteiger partial charge in [-0.3, -0.25) is 4.79 Å². The van der Waals surface area contributed by atoms with Gasteiger partial charge < -0.3 is 14.5 Å². The lowest BCUT2D eigenvalue weighted by Crippen LogP contribution is -2.41. The zero-order chi connectivity index (χ0) is 16.7. The maximum atomic E-state index is 12.1. The minimum absolute atomic E-state index is 0.184. The van der Waals surface area contributed by atoms with Crippen LogP contribution in [0, 0.1) is 5.92 Å². The van der Waals surface area contributed by atoms with Gasteiger partial charge in [-0.15, -0.1) is 0 Å². The topological polar surface area (TPSA) is 32.8 Å². The fourth-order valence-electron chi connectivity index (χ4n) is 3.30. The Hall–Kier alpha value is -0.820. The van der Waals surface area contributed by atoms with Crippen LogP contribution in [0.4, 0.5) is 13.2 Å². The Balaban J connectivity index is 1.56. The largest absolute Gasteiger partial charge is 0.389 e. The molecule has 0 aromatic carbocycles. The Kier molecular flexibility index (Phi) is 7.14. The number of morpholine rings is 1. The number of carbonyl (C=O) groups is 1. The van der Waals surface area contributed by atoms with Crippen molar-refractivity contribution in [2.75, 3.05) is 45.9 Å². The normalized spacial score (nSPS) is 21.6. The van der Waals surface area contributed by atoms with Crippen molar-refractivity contribution in [3.63, 3.8) is 0 Å². The molecule has 0 aromatic rings. The molecule has 2 heterocycles. The molecule has 134 valence electrons. The molecule has 2 rings (SSSR count). The highest BCUT2D eigenvalue weighted by Gasteiger charge is 2.27. The van der Waals surface area contributed by atoms with Crippen molar-refractivity contribution in [2.24, 2.45) is 5.92 Å². The van der Waals surface area contributed by atoms with Crippen molar-refractivity contribution >= 4 is 5.91 Å². The minimum atomic E-state index is -4.04. The number of alkyl halides is 3. The van der Waals surface area contributed by atoms with E-state index in [-0.39, 0.29) is 12.3 Å². The summed E-state index contributed by atoms with van der Waals surface area (Å²) in [6.45, 7) is 4.87. The Bertz CT molecular complexity index is 363. The molecule has 0 spiro atoms. The SMILES string of the molecule is O=C(CCC1CCN(CCCC(F)(F)F)CC1)N1CCOCC1. The van der Waals surface area contributed by atoms with Gasteiger partial charge >= 0.3 is 6.18 Å². The first-order valence-corrected chi connectivity index (χ1v) is 8.59. The summed E-state index contributed by atoms with van der Waals surface area (Å²) in [6, 6.07) is 0. The molecule has 2 fully saturated rings. The highest BCUT2D eigenvalue weighted by atomic mass is 19.4. The van der Waals surface area contributed by atoms with E-state index in [1.54, 1.807) is 0 Å². The highest BCUT2D eigenvalue weighted by molar-refractivity contribution is 5.76. The van der Waals surface area contributed by atoms with Gasteiger partial charge in [0, 0.05) is 25.9 Å². The minimum Gasteiger partial charge on any atom is -0.378 e. The van der Waals surface area contributed by atoms with Gasteiger partial charge in [-0.25, -0.2) is 0 Å². The molecule has 0 aromatic heterocycles. The van der Waals surface area contributed by atoms with E-state index in [1.807, 2.05) is 4.90 Å². The third-order valence-corrected chi connectivity index (χ3v) is 4.77. The predicted octanol–water partition coefficient (Wildman–Crippen LogP) is 2.68. The zero-order valence-corrected chi connectivity index (χ0v) is 13.6. The number of piperidine rings is 1. The Morgan fingerprint density at radius 2 is 1.74 bits per heavy atom. The first-order chi connectivity index (χ1) is 10.9. The standard InChI is InChI=1S/C16H27F3N2O2/c17-16(18,19)6-1-7-20-8-4-14(5-9-20)2-3-15(22)21-10-12-23-13-11-21/h14H,1-13H2. The molecule has 2 aliphatic rings. The summed E-state index contributed by atoms with van der Waals surface area (Å²) < 4.78 is 41.7. The molecular weight excluding hydrogens is 309 g/mol. The van der Waals surface area contributed by atoms with Gasteiger partial charge in [-0.2, -0.15) is 13.2 Å². The average Bonchev–Trinajstić information content (AvgIpc) is 2.53. The lowest BCUT2D eigenvalue weighted by atomic mass is 9.92. The smallest absolute Gasteiger partial charge is 0.378 e. The summed E-state index contributed by atoms with van der Waals surface area (Å²) in [6.07, 6.45) is -1.10. The fourth-order valence-corrected chi connectivity index (χ4v) is 3.30. The lowest BCUT2D eigenvalue weighted by molar-refractivity contribution is -0.136. The maximum absolute atomic E-state index is 12.1. The highest BCUT2D eigenvalue weighted by Crippen LogP contribution is 2.25. The first-order valence-electron chi connectivity index (χ1n) is 8.59. The summed E-state index contributed by atoms with van der Waals surface area (Å²) >= 11 is 0. The first kappa shape index (κ1) is 18.5. The number of halogens is 3. The molecule has 0 atom stereocenters. The molecule has 2 saturated heterocycles. The number of amides is 1. The third kappa shape index (κ3) is 7.08. The molecule has 23 heavy (non-hydrogen) atoms. The van der Waals surface area contributed by atoms with Crippen LogP contribution < -0.4 is 0 Å². The van der Waals surface area contributed by atoms with Crippen LogP contribution in [0.2, 0.25) is 0 Å². The van der Waals surface area contributed by atoms with E-state index < -0.39 is 12.6 Å². The van der Waals surface area contributed by atoms with Gasteiger partial charge in [0.05, 0.1) is 13.2 Å². The van der Waals surface area contributed by atoms with E-state index >= 15 is 0 Å². The van der Waals surface area contributed by atoms with Crippen molar-refractivity contribution in [1.82, 2.24) is 9.80 Å².